The van der Waals surface area contributed by atoms with Crippen LogP contribution in [0, 0.1) is 20.8 Å². The second-order valence-corrected chi connectivity index (χ2v) is 5.51. The van der Waals surface area contributed by atoms with Crippen molar-refractivity contribution in [3.8, 4) is 0 Å². The third kappa shape index (κ3) is 2.20. The van der Waals surface area contributed by atoms with Gasteiger partial charge in [-0.05, 0) is 43.0 Å². The lowest BCUT2D eigenvalue weighted by Gasteiger charge is -2.19. The van der Waals surface area contributed by atoms with Crippen LogP contribution in [0.5, 0.6) is 0 Å². The Labute approximate surface area is 120 Å². The maximum Gasteiger partial charge on any atom is 0.0589 e. The van der Waals surface area contributed by atoms with Gasteiger partial charge in [-0.2, -0.15) is 0 Å². The first-order chi connectivity index (χ1) is 9.66. The van der Waals surface area contributed by atoms with E-state index in [9.17, 15) is 0 Å². The van der Waals surface area contributed by atoms with Crippen LogP contribution in [0.15, 0.2) is 59.7 Å². The minimum Gasteiger partial charge on any atom is -0.260 e. The van der Waals surface area contributed by atoms with E-state index < -0.39 is 0 Å². The highest BCUT2D eigenvalue weighted by atomic mass is 14.7. The van der Waals surface area contributed by atoms with Crippen LogP contribution < -0.4 is 0 Å². The van der Waals surface area contributed by atoms with Gasteiger partial charge in [-0.25, -0.2) is 0 Å². The lowest BCUT2D eigenvalue weighted by molar-refractivity contribution is 1.09. The normalized spacial score (nSPS) is 17.4. The van der Waals surface area contributed by atoms with E-state index in [1.807, 2.05) is 12.3 Å². The third-order valence-electron chi connectivity index (χ3n) is 3.91. The summed E-state index contributed by atoms with van der Waals surface area (Å²) < 4.78 is 0. The van der Waals surface area contributed by atoms with Crippen molar-refractivity contribution in [2.75, 3.05) is 0 Å². The molecule has 2 aromatic rings. The van der Waals surface area contributed by atoms with Gasteiger partial charge in [0.25, 0.3) is 0 Å². The number of rotatable bonds is 2. The van der Waals surface area contributed by atoms with Gasteiger partial charge in [0.1, 0.15) is 0 Å². The minimum atomic E-state index is 0.276. The second kappa shape index (κ2) is 5.09. The lowest BCUT2D eigenvalue weighted by atomic mass is 9.85. The first-order valence-electron chi connectivity index (χ1n) is 7.04. The van der Waals surface area contributed by atoms with Gasteiger partial charge < -0.3 is 0 Å². The van der Waals surface area contributed by atoms with E-state index in [0.717, 1.165) is 5.71 Å². The Morgan fingerprint density at radius 3 is 2.20 bits per heavy atom. The van der Waals surface area contributed by atoms with Crippen LogP contribution >= 0.6 is 0 Å². The molecule has 3 rings (SSSR count). The van der Waals surface area contributed by atoms with Crippen molar-refractivity contribution in [3.05, 3.63) is 82.6 Å². The Hall–Kier alpha value is -2.15. The largest absolute Gasteiger partial charge is 0.260 e. The average molecular weight is 261 g/mol. The van der Waals surface area contributed by atoms with E-state index in [4.69, 9.17) is 0 Å². The zero-order chi connectivity index (χ0) is 14.1. The van der Waals surface area contributed by atoms with Crippen molar-refractivity contribution in [1.29, 1.82) is 0 Å². The third-order valence-corrected chi connectivity index (χ3v) is 3.91. The van der Waals surface area contributed by atoms with Crippen LogP contribution in [-0.2, 0) is 0 Å². The molecule has 0 amide bonds. The molecule has 1 atom stereocenters. The monoisotopic (exact) mass is 261 g/mol. The molecule has 0 N–H and O–H groups in total. The van der Waals surface area contributed by atoms with E-state index in [0.29, 0.717) is 0 Å². The SMILES string of the molecule is Cc1cc(C)c(C2C=CN=C2c2ccccc2)c(C)c1. The summed E-state index contributed by atoms with van der Waals surface area (Å²) in [6, 6.07) is 15.0. The molecule has 0 fully saturated rings. The Kier molecular flexibility index (Phi) is 3.27. The van der Waals surface area contributed by atoms with Gasteiger partial charge in [-0.1, -0.05) is 54.1 Å². The number of nitrogens with zero attached hydrogens (tertiary/aromatic N) is 1. The summed E-state index contributed by atoms with van der Waals surface area (Å²) in [7, 11) is 0. The van der Waals surface area contributed by atoms with Gasteiger partial charge in [0.05, 0.1) is 5.71 Å². The minimum absolute atomic E-state index is 0.276. The Morgan fingerprint density at radius 2 is 1.55 bits per heavy atom. The van der Waals surface area contributed by atoms with Crippen LogP contribution in [0.4, 0.5) is 0 Å². The first kappa shape index (κ1) is 12.9. The molecule has 1 heteroatoms. The van der Waals surface area contributed by atoms with Gasteiger partial charge >= 0.3 is 0 Å². The van der Waals surface area contributed by atoms with E-state index in [2.05, 4.69) is 68.2 Å². The summed E-state index contributed by atoms with van der Waals surface area (Å²) in [4.78, 5) is 4.60. The van der Waals surface area contributed by atoms with E-state index in [1.54, 1.807) is 0 Å². The first-order valence-corrected chi connectivity index (χ1v) is 7.04. The van der Waals surface area contributed by atoms with Crippen molar-refractivity contribution >= 4 is 5.71 Å². The molecule has 20 heavy (non-hydrogen) atoms. The molecule has 100 valence electrons. The number of aliphatic imine (C=N–C) groups is 1. The zero-order valence-electron chi connectivity index (χ0n) is 12.2. The Morgan fingerprint density at radius 1 is 0.900 bits per heavy atom. The van der Waals surface area contributed by atoms with E-state index in [-0.39, 0.29) is 5.92 Å². The predicted molar refractivity (Wildman–Crippen MR) is 85.5 cm³/mol. The highest BCUT2D eigenvalue weighted by Crippen LogP contribution is 2.32. The number of benzene rings is 2. The fourth-order valence-corrected chi connectivity index (χ4v) is 3.16. The van der Waals surface area contributed by atoms with Crippen LogP contribution in [-0.4, -0.2) is 5.71 Å². The summed E-state index contributed by atoms with van der Waals surface area (Å²) in [5.74, 6) is 0.276. The molecule has 0 radical (unpaired) electrons. The van der Waals surface area contributed by atoms with Crippen LogP contribution in [0.25, 0.3) is 0 Å². The van der Waals surface area contributed by atoms with Crippen molar-refractivity contribution in [2.24, 2.45) is 4.99 Å². The number of allylic oxidation sites excluding steroid dienone is 1. The molecule has 1 aliphatic rings. The Balaban J connectivity index is 2.07. The van der Waals surface area contributed by atoms with E-state index in [1.165, 1.54) is 27.8 Å². The van der Waals surface area contributed by atoms with Crippen molar-refractivity contribution < 1.29 is 0 Å². The molecule has 0 aliphatic carbocycles. The highest BCUT2D eigenvalue weighted by molar-refractivity contribution is 6.08. The molecule has 1 heterocycles. The topological polar surface area (TPSA) is 12.4 Å². The van der Waals surface area contributed by atoms with Gasteiger partial charge in [0.15, 0.2) is 0 Å². The molecule has 1 unspecified atom stereocenters. The lowest BCUT2D eigenvalue weighted by Crippen LogP contribution is -2.12. The molecule has 0 saturated carbocycles. The predicted octanol–water partition coefficient (Wildman–Crippen LogP) is 4.71. The number of hydrogen-bond donors (Lipinski definition) is 0. The molecule has 0 saturated heterocycles. The molecule has 0 bridgehead atoms. The summed E-state index contributed by atoms with van der Waals surface area (Å²) in [5.41, 5.74) is 7.78. The number of hydrogen-bond acceptors (Lipinski definition) is 1. The van der Waals surface area contributed by atoms with Crippen molar-refractivity contribution in [3.63, 3.8) is 0 Å². The van der Waals surface area contributed by atoms with Gasteiger partial charge in [-0.3, -0.25) is 4.99 Å². The molecule has 0 spiro atoms. The van der Waals surface area contributed by atoms with E-state index >= 15 is 0 Å². The summed E-state index contributed by atoms with van der Waals surface area (Å²) in [6.45, 7) is 6.55. The molecule has 2 aromatic carbocycles. The van der Waals surface area contributed by atoms with Crippen LogP contribution in [0.3, 0.4) is 0 Å². The zero-order valence-corrected chi connectivity index (χ0v) is 12.2. The molecule has 0 aromatic heterocycles. The molecule has 1 nitrogen and oxygen atoms in total. The van der Waals surface area contributed by atoms with Crippen LogP contribution in [0.1, 0.15) is 33.7 Å². The van der Waals surface area contributed by atoms with Gasteiger partial charge in [-0.15, -0.1) is 0 Å². The van der Waals surface area contributed by atoms with Crippen molar-refractivity contribution in [1.82, 2.24) is 0 Å². The quantitative estimate of drug-likeness (QED) is 0.742. The summed E-state index contributed by atoms with van der Waals surface area (Å²) >= 11 is 0. The maximum atomic E-state index is 4.60. The maximum absolute atomic E-state index is 4.60. The Bertz CT molecular complexity index is 670. The molecular formula is C19H19N. The van der Waals surface area contributed by atoms with Gasteiger partial charge in [0, 0.05) is 12.1 Å². The molecule has 1 aliphatic heterocycles. The fraction of sp³-hybridized carbons (Fsp3) is 0.211. The van der Waals surface area contributed by atoms with Crippen LogP contribution in [0.2, 0.25) is 0 Å². The highest BCUT2D eigenvalue weighted by Gasteiger charge is 2.23. The average Bonchev–Trinajstić information content (AvgIpc) is 2.87. The van der Waals surface area contributed by atoms with Crippen molar-refractivity contribution in [2.45, 2.75) is 26.7 Å². The molecular weight excluding hydrogens is 242 g/mol. The second-order valence-electron chi connectivity index (χ2n) is 5.51. The fourth-order valence-electron chi connectivity index (χ4n) is 3.16. The summed E-state index contributed by atoms with van der Waals surface area (Å²) in [6.07, 6.45) is 4.14. The smallest absolute Gasteiger partial charge is 0.0589 e. The standard InChI is InChI=1S/C19H19N/c1-13-11-14(2)18(15(3)12-13)17-9-10-20-19(17)16-7-5-4-6-8-16/h4-12,17H,1-3H3. The number of aryl methyl sites for hydroxylation is 3. The summed E-state index contributed by atoms with van der Waals surface area (Å²) in [5, 5.41) is 0. The van der Waals surface area contributed by atoms with Gasteiger partial charge in [0.2, 0.25) is 0 Å².